The molecule has 3 rings (SSSR count). The van der Waals surface area contributed by atoms with E-state index < -0.39 is 0 Å². The molecule has 0 spiro atoms. The number of hydroxylamine groups is 1. The molecular weight excluding hydrogens is 380 g/mol. The molecular formula is C19H24N4O2S2. The minimum absolute atomic E-state index is 0.121. The number of H-pyrrole nitrogens is 1. The van der Waals surface area contributed by atoms with Crippen molar-refractivity contribution in [3.05, 3.63) is 45.6 Å². The van der Waals surface area contributed by atoms with Crippen molar-refractivity contribution in [2.45, 2.75) is 50.6 Å². The summed E-state index contributed by atoms with van der Waals surface area (Å²) in [5.41, 5.74) is 1.63. The van der Waals surface area contributed by atoms with Crippen LogP contribution in [0, 0.1) is 5.92 Å². The number of thioether (sulfide) groups is 1. The van der Waals surface area contributed by atoms with Crippen LogP contribution in [0.4, 0.5) is 5.82 Å². The summed E-state index contributed by atoms with van der Waals surface area (Å²) in [4.78, 5) is 23.5. The topological polar surface area (TPSA) is 82.1 Å². The van der Waals surface area contributed by atoms with Gasteiger partial charge in [-0.3, -0.25) is 15.0 Å². The van der Waals surface area contributed by atoms with Crippen LogP contribution in [0.3, 0.4) is 0 Å². The van der Waals surface area contributed by atoms with Gasteiger partial charge in [0.1, 0.15) is 4.70 Å². The molecule has 27 heavy (non-hydrogen) atoms. The van der Waals surface area contributed by atoms with Gasteiger partial charge >= 0.3 is 4.87 Å². The number of aromatic amines is 1. The van der Waals surface area contributed by atoms with E-state index in [4.69, 9.17) is 0 Å². The average Bonchev–Trinajstić information content (AvgIpc) is 3.00. The number of thiazole rings is 1. The predicted octanol–water partition coefficient (Wildman–Crippen LogP) is 4.86. The predicted molar refractivity (Wildman–Crippen MR) is 112 cm³/mol. The van der Waals surface area contributed by atoms with Crippen LogP contribution >= 0.6 is 23.1 Å². The normalized spacial score (nSPS) is 13.9. The molecule has 2 heterocycles. The van der Waals surface area contributed by atoms with Crippen LogP contribution in [0.2, 0.25) is 0 Å². The Morgan fingerprint density at radius 2 is 1.89 bits per heavy atom. The van der Waals surface area contributed by atoms with Gasteiger partial charge in [-0.2, -0.15) is 0 Å². The zero-order chi connectivity index (χ0) is 19.6. The van der Waals surface area contributed by atoms with E-state index in [9.17, 15) is 10.0 Å². The molecule has 0 saturated carbocycles. The molecule has 2 aromatic heterocycles. The molecule has 0 aliphatic rings. The molecule has 0 amide bonds. The van der Waals surface area contributed by atoms with Gasteiger partial charge in [0.15, 0.2) is 16.6 Å². The monoisotopic (exact) mass is 404 g/mol. The van der Waals surface area contributed by atoms with Crippen molar-refractivity contribution >= 4 is 39.3 Å². The standard InChI is InChI=1S/C19H24N4O2S2/c1-11(2)10-12(3)23(25)17-15-16(21-19(24)27-15)20-18(22-17)26-13(4)14-8-6-5-7-9-14/h5-9,11-13,25H,10H2,1-4H3,(H,20,21,22,24)/t12-,13?/m1/s1. The third-order valence-electron chi connectivity index (χ3n) is 4.24. The van der Waals surface area contributed by atoms with Crippen molar-refractivity contribution in [3.63, 3.8) is 0 Å². The number of rotatable bonds is 7. The maximum atomic E-state index is 11.9. The van der Waals surface area contributed by atoms with Crippen LogP contribution in [0.15, 0.2) is 40.3 Å². The van der Waals surface area contributed by atoms with Gasteiger partial charge in [-0.05, 0) is 31.7 Å². The van der Waals surface area contributed by atoms with Gasteiger partial charge in [-0.25, -0.2) is 15.0 Å². The summed E-state index contributed by atoms with van der Waals surface area (Å²) < 4.78 is 0.579. The number of fused-ring (bicyclic) bond motifs is 1. The summed E-state index contributed by atoms with van der Waals surface area (Å²) in [6, 6.07) is 9.99. The Labute approximate surface area is 166 Å². The van der Waals surface area contributed by atoms with E-state index in [0.717, 1.165) is 17.8 Å². The summed E-state index contributed by atoms with van der Waals surface area (Å²) in [5, 5.41) is 12.6. The Kier molecular flexibility index (Phi) is 6.18. The number of anilines is 1. The van der Waals surface area contributed by atoms with E-state index in [1.54, 1.807) is 0 Å². The van der Waals surface area contributed by atoms with Gasteiger partial charge in [0.2, 0.25) is 0 Å². The molecule has 8 heteroatoms. The van der Waals surface area contributed by atoms with Crippen LogP contribution in [0.25, 0.3) is 10.3 Å². The van der Waals surface area contributed by atoms with Crippen molar-refractivity contribution in [1.82, 2.24) is 15.0 Å². The highest BCUT2D eigenvalue weighted by Crippen LogP contribution is 2.36. The highest BCUT2D eigenvalue weighted by molar-refractivity contribution is 7.99. The number of hydrogen-bond donors (Lipinski definition) is 2. The first-order valence-corrected chi connectivity index (χ1v) is 10.6. The van der Waals surface area contributed by atoms with E-state index in [-0.39, 0.29) is 16.2 Å². The van der Waals surface area contributed by atoms with Gasteiger partial charge in [-0.1, -0.05) is 67.3 Å². The fourth-order valence-corrected chi connectivity index (χ4v) is 4.61. The SMILES string of the molecule is CC(C)C[C@@H](C)N(O)c1nc(SC(C)c2ccccc2)nc2[nH]c(=O)sc12. The first-order chi connectivity index (χ1) is 12.8. The van der Waals surface area contributed by atoms with Gasteiger partial charge in [0.05, 0.1) is 6.04 Å². The summed E-state index contributed by atoms with van der Waals surface area (Å²) >= 11 is 2.52. The van der Waals surface area contributed by atoms with Crippen molar-refractivity contribution in [1.29, 1.82) is 0 Å². The number of aromatic nitrogens is 3. The second-order valence-corrected chi connectivity index (χ2v) is 9.31. The number of hydrogen-bond acceptors (Lipinski definition) is 7. The molecule has 0 saturated heterocycles. The quantitative estimate of drug-likeness (QED) is 0.332. The summed E-state index contributed by atoms with van der Waals surface area (Å²) in [5.74, 6) is 0.822. The average molecular weight is 405 g/mol. The lowest BCUT2D eigenvalue weighted by Crippen LogP contribution is -2.31. The second kappa shape index (κ2) is 8.41. The van der Waals surface area contributed by atoms with Crippen molar-refractivity contribution in [2.75, 3.05) is 5.06 Å². The zero-order valence-electron chi connectivity index (χ0n) is 15.8. The van der Waals surface area contributed by atoms with Crippen LogP contribution in [-0.4, -0.2) is 26.2 Å². The van der Waals surface area contributed by atoms with Gasteiger partial charge in [0, 0.05) is 5.25 Å². The third kappa shape index (κ3) is 4.69. The molecule has 0 radical (unpaired) electrons. The molecule has 2 N–H and O–H groups in total. The smallest absolute Gasteiger partial charge is 0.297 e. The van der Waals surface area contributed by atoms with Gasteiger partial charge < -0.3 is 0 Å². The fourth-order valence-electron chi connectivity index (χ4n) is 2.96. The number of benzene rings is 1. The largest absolute Gasteiger partial charge is 0.306 e. The molecule has 1 aromatic carbocycles. The molecule has 0 fully saturated rings. The Hall–Kier alpha value is -1.90. The van der Waals surface area contributed by atoms with Crippen LogP contribution < -0.4 is 9.94 Å². The van der Waals surface area contributed by atoms with E-state index in [1.807, 2.05) is 25.1 Å². The maximum absolute atomic E-state index is 11.9. The number of nitrogens with zero attached hydrogens (tertiary/aromatic N) is 3. The van der Waals surface area contributed by atoms with Gasteiger partial charge in [0.25, 0.3) is 0 Å². The van der Waals surface area contributed by atoms with Crippen LogP contribution in [0.5, 0.6) is 0 Å². The van der Waals surface area contributed by atoms with Crippen LogP contribution in [0.1, 0.15) is 44.9 Å². The highest BCUT2D eigenvalue weighted by Gasteiger charge is 2.22. The molecule has 144 valence electrons. The molecule has 3 aromatic rings. The minimum Gasteiger partial charge on any atom is -0.297 e. The van der Waals surface area contributed by atoms with Crippen LogP contribution in [-0.2, 0) is 0 Å². The van der Waals surface area contributed by atoms with Crippen molar-refractivity contribution < 1.29 is 5.21 Å². The number of nitrogens with one attached hydrogen (secondary N) is 1. The van der Waals surface area contributed by atoms with Crippen molar-refractivity contribution in [2.24, 2.45) is 5.92 Å². The Balaban J connectivity index is 1.96. The molecule has 6 nitrogen and oxygen atoms in total. The molecule has 0 bridgehead atoms. The summed E-state index contributed by atoms with van der Waals surface area (Å²) in [6.45, 7) is 8.25. The van der Waals surface area contributed by atoms with E-state index >= 15 is 0 Å². The van der Waals surface area contributed by atoms with Crippen molar-refractivity contribution in [3.8, 4) is 0 Å². The first-order valence-electron chi connectivity index (χ1n) is 8.95. The van der Waals surface area contributed by atoms with E-state index in [1.165, 1.54) is 22.4 Å². The molecule has 2 atom stereocenters. The van der Waals surface area contributed by atoms with E-state index in [2.05, 4.69) is 47.9 Å². The second-order valence-electron chi connectivity index (χ2n) is 7.02. The molecule has 0 aliphatic heterocycles. The molecule has 0 aliphatic carbocycles. The minimum atomic E-state index is -0.205. The zero-order valence-corrected chi connectivity index (χ0v) is 17.5. The lowest BCUT2D eigenvalue weighted by Gasteiger charge is -2.25. The highest BCUT2D eigenvalue weighted by atomic mass is 32.2. The summed E-state index contributed by atoms with van der Waals surface area (Å²) in [7, 11) is 0. The Morgan fingerprint density at radius 1 is 1.19 bits per heavy atom. The first kappa shape index (κ1) is 19.9. The lowest BCUT2D eigenvalue weighted by atomic mass is 10.1. The Bertz CT molecular complexity index is 955. The summed E-state index contributed by atoms with van der Waals surface area (Å²) in [6.07, 6.45) is 0.810. The lowest BCUT2D eigenvalue weighted by molar-refractivity contribution is 0.206. The molecule has 1 unspecified atom stereocenters. The fraction of sp³-hybridized carbons (Fsp3) is 0.421. The van der Waals surface area contributed by atoms with E-state index in [0.29, 0.717) is 27.2 Å². The third-order valence-corrected chi connectivity index (χ3v) is 6.13. The van der Waals surface area contributed by atoms with Gasteiger partial charge in [-0.15, -0.1) is 0 Å². The maximum Gasteiger partial charge on any atom is 0.306 e. The Morgan fingerprint density at radius 3 is 2.56 bits per heavy atom.